The van der Waals surface area contributed by atoms with Gasteiger partial charge in [0.25, 0.3) is 11.6 Å². The van der Waals surface area contributed by atoms with E-state index >= 15 is 0 Å². The first-order chi connectivity index (χ1) is 10.0. The smallest absolute Gasteiger partial charge is 0.283 e. The van der Waals surface area contributed by atoms with Crippen molar-refractivity contribution in [2.75, 3.05) is 19.6 Å². The number of carbonyl (C=O) groups is 1. The van der Waals surface area contributed by atoms with E-state index in [0.717, 1.165) is 19.3 Å². The second-order valence-electron chi connectivity index (χ2n) is 5.23. The molecular weight excluding hydrogens is 294 g/mol. The van der Waals surface area contributed by atoms with Crippen molar-refractivity contribution in [1.29, 1.82) is 0 Å². The van der Waals surface area contributed by atoms with E-state index in [-0.39, 0.29) is 22.2 Å². The SMILES string of the molecule is NCCC1CCCN(C(=O)c2c(Cl)cccc2[N+](=O)[O-])C1. The van der Waals surface area contributed by atoms with E-state index in [1.807, 2.05) is 0 Å². The molecule has 0 bridgehead atoms. The first-order valence-electron chi connectivity index (χ1n) is 6.96. The molecule has 1 heterocycles. The number of amides is 1. The molecule has 0 aliphatic carbocycles. The largest absolute Gasteiger partial charge is 0.338 e. The van der Waals surface area contributed by atoms with Crippen LogP contribution in [-0.4, -0.2) is 35.4 Å². The van der Waals surface area contributed by atoms with Crippen LogP contribution in [-0.2, 0) is 0 Å². The molecule has 7 heteroatoms. The number of piperidine rings is 1. The third kappa shape index (κ3) is 3.51. The lowest BCUT2D eigenvalue weighted by Crippen LogP contribution is -2.40. The highest BCUT2D eigenvalue weighted by Crippen LogP contribution is 2.29. The quantitative estimate of drug-likeness (QED) is 0.683. The van der Waals surface area contributed by atoms with Crippen molar-refractivity contribution in [1.82, 2.24) is 4.90 Å². The van der Waals surface area contributed by atoms with Crippen LogP contribution in [0.3, 0.4) is 0 Å². The number of halogens is 1. The van der Waals surface area contributed by atoms with Crippen molar-refractivity contribution in [3.05, 3.63) is 38.9 Å². The molecule has 21 heavy (non-hydrogen) atoms. The summed E-state index contributed by atoms with van der Waals surface area (Å²) in [5.41, 5.74) is 5.31. The average Bonchev–Trinajstić information content (AvgIpc) is 2.47. The van der Waals surface area contributed by atoms with Gasteiger partial charge in [0.15, 0.2) is 0 Å². The van der Waals surface area contributed by atoms with Crippen LogP contribution in [0.2, 0.25) is 5.02 Å². The van der Waals surface area contributed by atoms with E-state index in [4.69, 9.17) is 17.3 Å². The summed E-state index contributed by atoms with van der Waals surface area (Å²) in [4.78, 5) is 24.8. The summed E-state index contributed by atoms with van der Waals surface area (Å²) in [6.45, 7) is 1.76. The normalized spacial score (nSPS) is 18.6. The molecule has 114 valence electrons. The highest BCUT2D eigenvalue weighted by atomic mass is 35.5. The van der Waals surface area contributed by atoms with Gasteiger partial charge in [-0.3, -0.25) is 14.9 Å². The number of hydrogen-bond donors (Lipinski definition) is 1. The van der Waals surface area contributed by atoms with Gasteiger partial charge in [-0.15, -0.1) is 0 Å². The van der Waals surface area contributed by atoms with Gasteiger partial charge < -0.3 is 10.6 Å². The van der Waals surface area contributed by atoms with Gasteiger partial charge in [-0.25, -0.2) is 0 Å². The van der Waals surface area contributed by atoms with Crippen LogP contribution in [0, 0.1) is 16.0 Å². The molecule has 1 unspecified atom stereocenters. The fourth-order valence-corrected chi connectivity index (χ4v) is 3.01. The maximum absolute atomic E-state index is 12.6. The van der Waals surface area contributed by atoms with Gasteiger partial charge in [0.2, 0.25) is 0 Å². The maximum Gasteiger partial charge on any atom is 0.283 e. The topological polar surface area (TPSA) is 89.5 Å². The van der Waals surface area contributed by atoms with Crippen molar-refractivity contribution in [2.24, 2.45) is 11.7 Å². The number of nitro groups is 1. The zero-order valence-corrected chi connectivity index (χ0v) is 12.4. The Bertz CT molecular complexity index is 548. The minimum Gasteiger partial charge on any atom is -0.338 e. The summed E-state index contributed by atoms with van der Waals surface area (Å²) < 4.78 is 0. The summed E-state index contributed by atoms with van der Waals surface area (Å²) in [7, 11) is 0. The van der Waals surface area contributed by atoms with Gasteiger partial charge in [-0.05, 0) is 37.8 Å². The monoisotopic (exact) mass is 311 g/mol. The standard InChI is InChI=1S/C14H18ClN3O3/c15-11-4-1-5-12(18(20)21)13(11)14(19)17-8-2-3-10(9-17)6-7-16/h1,4-5,10H,2-3,6-9,16H2. The molecule has 0 aromatic heterocycles. The Hall–Kier alpha value is -1.66. The Kier molecular flexibility index (Phi) is 5.14. The summed E-state index contributed by atoms with van der Waals surface area (Å²) in [5, 5.41) is 11.2. The van der Waals surface area contributed by atoms with Crippen molar-refractivity contribution in [3.8, 4) is 0 Å². The highest BCUT2D eigenvalue weighted by Gasteiger charge is 2.30. The molecule has 0 spiro atoms. The average molecular weight is 312 g/mol. The Labute approximate surface area is 128 Å². The van der Waals surface area contributed by atoms with Crippen LogP contribution >= 0.6 is 11.6 Å². The van der Waals surface area contributed by atoms with Gasteiger partial charge in [-0.2, -0.15) is 0 Å². The summed E-state index contributed by atoms with van der Waals surface area (Å²) >= 11 is 6.01. The summed E-state index contributed by atoms with van der Waals surface area (Å²) in [6.07, 6.45) is 2.77. The number of nitrogens with two attached hydrogens (primary N) is 1. The Morgan fingerprint density at radius 2 is 2.29 bits per heavy atom. The Morgan fingerprint density at radius 1 is 1.52 bits per heavy atom. The molecule has 2 N–H and O–H groups in total. The zero-order chi connectivity index (χ0) is 15.4. The van der Waals surface area contributed by atoms with Crippen LogP contribution in [0.1, 0.15) is 29.6 Å². The molecule has 1 atom stereocenters. The molecule has 1 aromatic carbocycles. The molecule has 1 aliphatic rings. The highest BCUT2D eigenvalue weighted by molar-refractivity contribution is 6.34. The minimum atomic E-state index is -0.569. The van der Waals surface area contributed by atoms with Crippen LogP contribution in [0.4, 0.5) is 5.69 Å². The van der Waals surface area contributed by atoms with Gasteiger partial charge in [0.05, 0.1) is 9.95 Å². The lowest BCUT2D eigenvalue weighted by molar-refractivity contribution is -0.385. The second kappa shape index (κ2) is 6.87. The van der Waals surface area contributed by atoms with Crippen LogP contribution in [0.5, 0.6) is 0 Å². The Balaban J connectivity index is 2.25. The number of likely N-dealkylation sites (tertiary alicyclic amines) is 1. The van der Waals surface area contributed by atoms with E-state index in [1.165, 1.54) is 18.2 Å². The molecular formula is C14H18ClN3O3. The number of hydrogen-bond acceptors (Lipinski definition) is 4. The molecule has 1 aliphatic heterocycles. The van der Waals surface area contributed by atoms with Crippen molar-refractivity contribution in [2.45, 2.75) is 19.3 Å². The molecule has 1 aromatic rings. The number of benzene rings is 1. The first kappa shape index (κ1) is 15.7. The van der Waals surface area contributed by atoms with Gasteiger partial charge in [0, 0.05) is 19.2 Å². The fourth-order valence-electron chi connectivity index (χ4n) is 2.76. The number of nitro benzene ring substituents is 1. The molecule has 0 radical (unpaired) electrons. The second-order valence-corrected chi connectivity index (χ2v) is 5.64. The minimum absolute atomic E-state index is 0.0161. The predicted molar refractivity (Wildman–Crippen MR) is 80.4 cm³/mol. The summed E-state index contributed by atoms with van der Waals surface area (Å²) in [6, 6.07) is 4.29. The molecule has 0 saturated carbocycles. The molecule has 1 fully saturated rings. The summed E-state index contributed by atoms with van der Waals surface area (Å²) in [5.74, 6) is -0.0109. The van der Waals surface area contributed by atoms with Crippen LogP contribution < -0.4 is 5.73 Å². The van der Waals surface area contributed by atoms with Crippen LogP contribution in [0.25, 0.3) is 0 Å². The lowest BCUT2D eigenvalue weighted by Gasteiger charge is -2.32. The molecule has 1 amide bonds. The Morgan fingerprint density at radius 3 is 2.95 bits per heavy atom. The van der Waals surface area contributed by atoms with E-state index in [9.17, 15) is 14.9 Å². The number of nitrogens with zero attached hydrogens (tertiary/aromatic N) is 2. The van der Waals surface area contributed by atoms with Crippen molar-refractivity contribution >= 4 is 23.2 Å². The third-order valence-corrected chi connectivity index (χ3v) is 4.10. The van der Waals surface area contributed by atoms with Gasteiger partial charge in [0.1, 0.15) is 5.56 Å². The molecule has 6 nitrogen and oxygen atoms in total. The van der Waals surface area contributed by atoms with Crippen molar-refractivity contribution in [3.63, 3.8) is 0 Å². The third-order valence-electron chi connectivity index (χ3n) is 3.78. The molecule has 2 rings (SSSR count). The lowest BCUT2D eigenvalue weighted by atomic mass is 9.94. The predicted octanol–water partition coefficient (Wildman–Crippen LogP) is 2.45. The van der Waals surface area contributed by atoms with E-state index in [1.54, 1.807) is 4.90 Å². The van der Waals surface area contributed by atoms with Gasteiger partial charge in [-0.1, -0.05) is 17.7 Å². The van der Waals surface area contributed by atoms with E-state index in [2.05, 4.69) is 0 Å². The number of rotatable bonds is 4. The van der Waals surface area contributed by atoms with Crippen molar-refractivity contribution < 1.29 is 9.72 Å². The van der Waals surface area contributed by atoms with E-state index in [0.29, 0.717) is 25.6 Å². The fraction of sp³-hybridized carbons (Fsp3) is 0.500. The maximum atomic E-state index is 12.6. The zero-order valence-electron chi connectivity index (χ0n) is 11.6. The van der Waals surface area contributed by atoms with Gasteiger partial charge >= 0.3 is 0 Å². The number of carbonyl (C=O) groups excluding carboxylic acids is 1. The van der Waals surface area contributed by atoms with E-state index < -0.39 is 4.92 Å². The molecule has 1 saturated heterocycles. The first-order valence-corrected chi connectivity index (χ1v) is 7.34. The van der Waals surface area contributed by atoms with Crippen LogP contribution in [0.15, 0.2) is 18.2 Å².